The van der Waals surface area contributed by atoms with Gasteiger partial charge in [-0.25, -0.2) is 0 Å². The Hall–Kier alpha value is -2.04. The van der Waals surface area contributed by atoms with Crippen molar-refractivity contribution in [2.24, 2.45) is 5.92 Å². The van der Waals surface area contributed by atoms with E-state index in [0.29, 0.717) is 26.0 Å². The van der Waals surface area contributed by atoms with Crippen LogP contribution in [0, 0.1) is 5.92 Å². The van der Waals surface area contributed by atoms with Gasteiger partial charge in [-0.1, -0.05) is 26.0 Å². The monoisotopic (exact) mass is 333 g/mol. The van der Waals surface area contributed by atoms with Crippen molar-refractivity contribution in [2.45, 2.75) is 52.0 Å². The maximum atomic E-state index is 12.5. The van der Waals surface area contributed by atoms with Crippen molar-refractivity contribution in [3.8, 4) is 5.75 Å². The van der Waals surface area contributed by atoms with E-state index < -0.39 is 11.9 Å². The molecule has 1 aliphatic rings. The van der Waals surface area contributed by atoms with E-state index in [1.807, 2.05) is 24.3 Å². The van der Waals surface area contributed by atoms with Gasteiger partial charge in [-0.05, 0) is 43.4 Å². The van der Waals surface area contributed by atoms with Gasteiger partial charge in [-0.3, -0.25) is 9.59 Å². The van der Waals surface area contributed by atoms with E-state index in [2.05, 4.69) is 6.92 Å². The molecule has 0 spiro atoms. The van der Waals surface area contributed by atoms with Crippen molar-refractivity contribution in [2.75, 3.05) is 13.2 Å². The molecule has 0 saturated heterocycles. The van der Waals surface area contributed by atoms with Gasteiger partial charge >= 0.3 is 5.97 Å². The number of carboxylic acids is 1. The van der Waals surface area contributed by atoms with E-state index in [-0.39, 0.29) is 11.9 Å². The van der Waals surface area contributed by atoms with Crippen molar-refractivity contribution in [3.05, 3.63) is 29.8 Å². The fourth-order valence-corrected chi connectivity index (χ4v) is 2.58. The molecule has 1 unspecified atom stereocenters. The van der Waals surface area contributed by atoms with Crippen LogP contribution >= 0.6 is 0 Å². The number of rotatable bonds is 10. The molecule has 1 aliphatic carbocycles. The van der Waals surface area contributed by atoms with Crippen LogP contribution in [0.25, 0.3) is 0 Å². The Balaban J connectivity index is 1.85. The molecule has 0 heterocycles. The first-order valence-corrected chi connectivity index (χ1v) is 8.75. The number of hydrogen-bond acceptors (Lipinski definition) is 3. The Labute approximate surface area is 143 Å². The molecule has 0 radical (unpaired) electrons. The Morgan fingerprint density at radius 2 is 1.96 bits per heavy atom. The predicted octanol–water partition coefficient (Wildman–Crippen LogP) is 3.12. The van der Waals surface area contributed by atoms with E-state index in [0.717, 1.165) is 30.6 Å². The Morgan fingerprint density at radius 1 is 1.29 bits per heavy atom. The molecule has 0 aliphatic heterocycles. The molecule has 5 heteroatoms. The largest absolute Gasteiger partial charge is 0.494 e. The van der Waals surface area contributed by atoms with Crippen LogP contribution in [0.1, 0.15) is 45.1 Å². The summed E-state index contributed by atoms with van der Waals surface area (Å²) < 4.78 is 5.55. The molecule has 0 aromatic heterocycles. The number of amides is 1. The zero-order valence-corrected chi connectivity index (χ0v) is 14.5. The summed E-state index contributed by atoms with van der Waals surface area (Å²) in [5.41, 5.74) is 1.09. The van der Waals surface area contributed by atoms with Gasteiger partial charge in [0.2, 0.25) is 5.91 Å². The van der Waals surface area contributed by atoms with Crippen LogP contribution in [0.2, 0.25) is 0 Å². The molecule has 1 N–H and O–H groups in total. The number of aliphatic carboxylic acids is 1. The number of hydrogen-bond donors (Lipinski definition) is 1. The first kappa shape index (κ1) is 18.3. The highest BCUT2D eigenvalue weighted by Gasteiger charge is 2.34. The van der Waals surface area contributed by atoms with Gasteiger partial charge in [-0.15, -0.1) is 0 Å². The van der Waals surface area contributed by atoms with Crippen molar-refractivity contribution >= 4 is 11.9 Å². The molecule has 2 rings (SSSR count). The number of carbonyl (C=O) groups is 2. The minimum Gasteiger partial charge on any atom is -0.494 e. The highest BCUT2D eigenvalue weighted by atomic mass is 16.5. The Morgan fingerprint density at radius 3 is 2.50 bits per heavy atom. The highest BCUT2D eigenvalue weighted by Crippen LogP contribution is 2.28. The topological polar surface area (TPSA) is 66.8 Å². The third kappa shape index (κ3) is 5.55. The maximum Gasteiger partial charge on any atom is 0.308 e. The Bertz CT molecular complexity index is 551. The third-order valence-corrected chi connectivity index (χ3v) is 4.22. The number of carboxylic acid groups (broad SMARTS) is 1. The molecule has 1 atom stereocenters. The summed E-state index contributed by atoms with van der Waals surface area (Å²) >= 11 is 0. The summed E-state index contributed by atoms with van der Waals surface area (Å²) in [6, 6.07) is 8.07. The highest BCUT2D eigenvalue weighted by molar-refractivity contribution is 5.78. The molecule has 1 fully saturated rings. The molecule has 1 aromatic rings. The predicted molar refractivity (Wildman–Crippen MR) is 92.1 cm³/mol. The van der Waals surface area contributed by atoms with Crippen LogP contribution in [-0.4, -0.2) is 41.1 Å². The smallest absolute Gasteiger partial charge is 0.308 e. The van der Waals surface area contributed by atoms with Crippen LogP contribution in [0.5, 0.6) is 5.75 Å². The zero-order valence-electron chi connectivity index (χ0n) is 14.5. The van der Waals surface area contributed by atoms with Crippen LogP contribution in [0.15, 0.2) is 24.3 Å². The van der Waals surface area contributed by atoms with Crippen molar-refractivity contribution < 1.29 is 19.4 Å². The van der Waals surface area contributed by atoms with E-state index in [4.69, 9.17) is 9.84 Å². The number of carbonyl (C=O) groups excluding carboxylic acids is 1. The van der Waals surface area contributed by atoms with Gasteiger partial charge in [0.05, 0.1) is 12.5 Å². The fraction of sp³-hybridized carbons (Fsp3) is 0.579. The summed E-state index contributed by atoms with van der Waals surface area (Å²) in [6.45, 7) is 4.73. The zero-order chi connectivity index (χ0) is 17.5. The second-order valence-electron chi connectivity index (χ2n) is 6.51. The SMILES string of the molecule is CCCOc1ccc(CCC(=O)N(CC(C)C(=O)O)C2CC2)cc1. The summed E-state index contributed by atoms with van der Waals surface area (Å²) in [7, 11) is 0. The molecule has 1 amide bonds. The lowest BCUT2D eigenvalue weighted by molar-refractivity contribution is -0.143. The number of benzene rings is 1. The van der Waals surface area contributed by atoms with E-state index in [1.54, 1.807) is 11.8 Å². The molecular formula is C19H27NO4. The molecule has 24 heavy (non-hydrogen) atoms. The van der Waals surface area contributed by atoms with E-state index in [1.165, 1.54) is 0 Å². The lowest BCUT2D eigenvalue weighted by Gasteiger charge is -2.24. The summed E-state index contributed by atoms with van der Waals surface area (Å²) in [5.74, 6) is -0.473. The van der Waals surface area contributed by atoms with Gasteiger partial charge in [0.1, 0.15) is 5.75 Å². The minimum atomic E-state index is -0.851. The lowest BCUT2D eigenvalue weighted by atomic mass is 10.1. The summed E-state index contributed by atoms with van der Waals surface area (Å²) in [6.07, 6.45) is 4.03. The Kier molecular flexibility index (Phi) is 6.64. The van der Waals surface area contributed by atoms with Gasteiger partial charge < -0.3 is 14.7 Å². The van der Waals surface area contributed by atoms with E-state index >= 15 is 0 Å². The van der Waals surface area contributed by atoms with Gasteiger partial charge in [0.15, 0.2) is 0 Å². The van der Waals surface area contributed by atoms with Gasteiger partial charge in [0.25, 0.3) is 0 Å². The summed E-state index contributed by atoms with van der Waals surface area (Å²) in [5, 5.41) is 9.06. The summed E-state index contributed by atoms with van der Waals surface area (Å²) in [4.78, 5) is 25.3. The van der Waals surface area contributed by atoms with Gasteiger partial charge in [-0.2, -0.15) is 0 Å². The second-order valence-corrected chi connectivity index (χ2v) is 6.51. The number of aryl methyl sites for hydroxylation is 1. The number of ether oxygens (including phenoxy) is 1. The first-order chi connectivity index (χ1) is 11.5. The average Bonchev–Trinajstić information content (AvgIpc) is 3.41. The maximum absolute atomic E-state index is 12.5. The number of nitrogens with zero attached hydrogens (tertiary/aromatic N) is 1. The van der Waals surface area contributed by atoms with Crippen LogP contribution in [0.4, 0.5) is 0 Å². The van der Waals surface area contributed by atoms with Crippen LogP contribution in [0.3, 0.4) is 0 Å². The molecular weight excluding hydrogens is 306 g/mol. The lowest BCUT2D eigenvalue weighted by Crippen LogP contribution is -2.38. The van der Waals surface area contributed by atoms with Crippen molar-refractivity contribution in [1.82, 2.24) is 4.90 Å². The van der Waals surface area contributed by atoms with Crippen LogP contribution in [-0.2, 0) is 16.0 Å². The quantitative estimate of drug-likeness (QED) is 0.714. The third-order valence-electron chi connectivity index (χ3n) is 4.22. The molecule has 1 saturated carbocycles. The second kappa shape index (κ2) is 8.71. The van der Waals surface area contributed by atoms with Crippen molar-refractivity contribution in [3.63, 3.8) is 0 Å². The standard InChI is InChI=1S/C19H27NO4/c1-3-12-24-17-9-4-15(5-10-17)6-11-18(21)20(16-7-8-16)13-14(2)19(22)23/h4-5,9-10,14,16H,3,6-8,11-13H2,1-2H3,(H,22,23). The minimum absolute atomic E-state index is 0.0527. The first-order valence-electron chi connectivity index (χ1n) is 8.75. The molecule has 132 valence electrons. The van der Waals surface area contributed by atoms with Crippen molar-refractivity contribution in [1.29, 1.82) is 0 Å². The average molecular weight is 333 g/mol. The molecule has 0 bridgehead atoms. The van der Waals surface area contributed by atoms with Crippen LogP contribution < -0.4 is 4.74 Å². The van der Waals surface area contributed by atoms with Gasteiger partial charge in [0, 0.05) is 19.0 Å². The van der Waals surface area contributed by atoms with E-state index in [9.17, 15) is 9.59 Å². The molecule has 1 aromatic carbocycles. The molecule has 5 nitrogen and oxygen atoms in total. The fourth-order valence-electron chi connectivity index (χ4n) is 2.58. The normalized spacial score (nSPS) is 14.9.